The Labute approximate surface area is 156 Å². The summed E-state index contributed by atoms with van der Waals surface area (Å²) in [6, 6.07) is 3.36. The quantitative estimate of drug-likeness (QED) is 0.479. The monoisotopic (exact) mass is 358 g/mol. The van der Waals surface area contributed by atoms with Gasteiger partial charge in [-0.1, -0.05) is 17.2 Å². The molecule has 142 valence electrons. The molecule has 0 amide bonds. The number of phenols is 1. The fraction of sp³-hybridized carbons (Fsp3) is 0.455. The number of ether oxygens (including phenoxy) is 1. The first-order valence-corrected chi connectivity index (χ1v) is 8.94. The smallest absolute Gasteiger partial charge is 0.159 e. The van der Waals surface area contributed by atoms with Crippen LogP contribution in [0.4, 0.5) is 0 Å². The van der Waals surface area contributed by atoms with Crippen molar-refractivity contribution in [2.75, 3.05) is 7.11 Å². The number of carbonyl (C=O) groups is 2. The van der Waals surface area contributed by atoms with Crippen LogP contribution < -0.4 is 4.74 Å². The van der Waals surface area contributed by atoms with Crippen LogP contribution in [0, 0.1) is 6.92 Å². The number of methoxy groups -OCH3 is 1. The van der Waals surface area contributed by atoms with E-state index in [9.17, 15) is 14.7 Å². The largest absolute Gasteiger partial charge is 0.508 e. The lowest BCUT2D eigenvalue weighted by molar-refractivity contribution is -0.117. The zero-order valence-corrected chi connectivity index (χ0v) is 16.5. The van der Waals surface area contributed by atoms with Gasteiger partial charge in [0.2, 0.25) is 0 Å². The van der Waals surface area contributed by atoms with Gasteiger partial charge in [0.1, 0.15) is 17.3 Å². The summed E-state index contributed by atoms with van der Waals surface area (Å²) < 4.78 is 5.41. The van der Waals surface area contributed by atoms with E-state index in [-0.39, 0.29) is 17.3 Å². The number of hydrogen-bond acceptors (Lipinski definition) is 4. The molecule has 0 radical (unpaired) electrons. The Morgan fingerprint density at radius 1 is 1.12 bits per heavy atom. The zero-order chi connectivity index (χ0) is 19.7. The van der Waals surface area contributed by atoms with E-state index in [1.807, 2.05) is 26.8 Å². The molecule has 1 aromatic rings. The van der Waals surface area contributed by atoms with Crippen LogP contribution in [-0.4, -0.2) is 23.8 Å². The third-order valence-electron chi connectivity index (χ3n) is 4.17. The van der Waals surface area contributed by atoms with Gasteiger partial charge in [-0.3, -0.25) is 4.79 Å². The summed E-state index contributed by atoms with van der Waals surface area (Å²) >= 11 is 0. The molecule has 0 spiro atoms. The molecule has 4 nitrogen and oxygen atoms in total. The number of phenolic OH excluding ortho intramolecular Hbond substituents is 1. The van der Waals surface area contributed by atoms with Gasteiger partial charge in [0, 0.05) is 18.4 Å². The summed E-state index contributed by atoms with van der Waals surface area (Å²) in [6.07, 6.45) is 6.75. The van der Waals surface area contributed by atoms with Gasteiger partial charge < -0.3 is 14.6 Å². The molecule has 1 rings (SSSR count). The van der Waals surface area contributed by atoms with Gasteiger partial charge in [-0.15, -0.1) is 0 Å². The number of carbonyl (C=O) groups excluding carboxylic acids is 2. The third kappa shape index (κ3) is 7.68. The lowest BCUT2D eigenvalue weighted by Crippen LogP contribution is -1.98. The minimum atomic E-state index is 0.0677. The highest BCUT2D eigenvalue weighted by atomic mass is 16.5. The lowest BCUT2D eigenvalue weighted by atomic mass is 10.0. The fourth-order valence-electron chi connectivity index (χ4n) is 2.92. The fourth-order valence-corrected chi connectivity index (χ4v) is 2.92. The molecule has 0 atom stereocenters. The summed E-state index contributed by atoms with van der Waals surface area (Å²) in [5.74, 6) is 1.22. The maximum absolute atomic E-state index is 12.2. The normalized spacial score (nSPS) is 12.2. The molecule has 0 aliphatic carbocycles. The van der Waals surface area contributed by atoms with Crippen molar-refractivity contribution in [1.29, 1.82) is 0 Å². The molecule has 0 saturated heterocycles. The van der Waals surface area contributed by atoms with E-state index < -0.39 is 0 Å². The molecule has 4 heteroatoms. The Morgan fingerprint density at radius 3 is 2.42 bits per heavy atom. The molecule has 0 bridgehead atoms. The first-order valence-electron chi connectivity index (χ1n) is 8.94. The highest BCUT2D eigenvalue weighted by molar-refractivity contribution is 5.91. The molecular weight excluding hydrogens is 328 g/mol. The number of rotatable bonds is 10. The summed E-state index contributed by atoms with van der Waals surface area (Å²) in [5, 5.41) is 9.77. The molecule has 26 heavy (non-hydrogen) atoms. The zero-order valence-electron chi connectivity index (χ0n) is 16.5. The van der Waals surface area contributed by atoms with E-state index in [4.69, 9.17) is 4.74 Å². The Balaban J connectivity index is 2.66. The standard InChI is InChI=1S/C22H30O4/c1-15(7-6-8-18(4)23)11-20(24)12-16(2)9-10-19-14-21(25)13-17(3)22(19)26-5/h9,11,13-14,25H,6-8,10,12H2,1-5H3. The average Bonchev–Trinajstić information content (AvgIpc) is 2.51. The number of hydrogen-bond donors (Lipinski definition) is 1. The van der Waals surface area contributed by atoms with Gasteiger partial charge in [0.05, 0.1) is 7.11 Å². The van der Waals surface area contributed by atoms with E-state index in [1.54, 1.807) is 32.2 Å². The van der Waals surface area contributed by atoms with Crippen LogP contribution in [0.3, 0.4) is 0 Å². The first-order chi connectivity index (χ1) is 12.2. The molecule has 0 aliphatic heterocycles. The van der Waals surface area contributed by atoms with Crippen molar-refractivity contribution in [2.45, 2.75) is 59.8 Å². The second kappa shape index (κ2) is 10.6. The van der Waals surface area contributed by atoms with E-state index in [1.165, 1.54) is 0 Å². The molecule has 0 fully saturated rings. The van der Waals surface area contributed by atoms with Crippen LogP contribution in [-0.2, 0) is 16.0 Å². The second-order valence-electron chi connectivity index (χ2n) is 6.90. The van der Waals surface area contributed by atoms with Crippen LogP contribution in [0.5, 0.6) is 11.5 Å². The molecular formula is C22H30O4. The van der Waals surface area contributed by atoms with E-state index in [0.29, 0.717) is 19.3 Å². The van der Waals surface area contributed by atoms with Gasteiger partial charge in [-0.25, -0.2) is 0 Å². The van der Waals surface area contributed by atoms with E-state index in [0.717, 1.165) is 40.9 Å². The topological polar surface area (TPSA) is 63.6 Å². The van der Waals surface area contributed by atoms with Gasteiger partial charge in [0.25, 0.3) is 0 Å². The van der Waals surface area contributed by atoms with Crippen LogP contribution in [0.1, 0.15) is 57.6 Å². The summed E-state index contributed by atoms with van der Waals surface area (Å²) in [5.41, 5.74) is 3.77. The van der Waals surface area contributed by atoms with Gasteiger partial charge in [0.15, 0.2) is 5.78 Å². The molecule has 1 N–H and O–H groups in total. The maximum Gasteiger partial charge on any atom is 0.159 e. The Hall–Kier alpha value is -2.36. The van der Waals surface area contributed by atoms with Crippen molar-refractivity contribution in [1.82, 2.24) is 0 Å². The first kappa shape index (κ1) is 21.7. The van der Waals surface area contributed by atoms with Gasteiger partial charge >= 0.3 is 0 Å². The van der Waals surface area contributed by atoms with Crippen LogP contribution in [0.25, 0.3) is 0 Å². The average molecular weight is 358 g/mol. The lowest BCUT2D eigenvalue weighted by Gasteiger charge is -2.11. The summed E-state index contributed by atoms with van der Waals surface area (Å²) in [7, 11) is 1.61. The van der Waals surface area contributed by atoms with E-state index in [2.05, 4.69) is 0 Å². The van der Waals surface area contributed by atoms with Crippen molar-refractivity contribution < 1.29 is 19.4 Å². The van der Waals surface area contributed by atoms with Crippen molar-refractivity contribution in [3.8, 4) is 11.5 Å². The highest BCUT2D eigenvalue weighted by Gasteiger charge is 2.08. The van der Waals surface area contributed by atoms with Crippen molar-refractivity contribution in [3.63, 3.8) is 0 Å². The maximum atomic E-state index is 12.2. The second-order valence-corrected chi connectivity index (χ2v) is 6.90. The molecule has 0 saturated carbocycles. The summed E-state index contributed by atoms with van der Waals surface area (Å²) in [6.45, 7) is 7.33. The number of ketones is 2. The molecule has 1 aromatic carbocycles. The van der Waals surface area contributed by atoms with Crippen LogP contribution in [0.2, 0.25) is 0 Å². The van der Waals surface area contributed by atoms with Crippen LogP contribution >= 0.6 is 0 Å². The number of aromatic hydroxyl groups is 1. The predicted molar refractivity (Wildman–Crippen MR) is 105 cm³/mol. The number of allylic oxidation sites excluding steroid dienone is 4. The minimum Gasteiger partial charge on any atom is -0.508 e. The van der Waals surface area contributed by atoms with Crippen molar-refractivity contribution in [2.24, 2.45) is 0 Å². The Kier molecular flexibility index (Phi) is 8.83. The third-order valence-corrected chi connectivity index (χ3v) is 4.17. The molecule has 0 aromatic heterocycles. The Bertz CT molecular complexity index is 711. The van der Waals surface area contributed by atoms with Gasteiger partial charge in [-0.2, -0.15) is 0 Å². The van der Waals surface area contributed by atoms with Gasteiger partial charge in [-0.05, 0) is 70.7 Å². The number of Topliss-reactive ketones (excluding diaryl/α,β-unsaturated/α-hetero) is 1. The number of benzene rings is 1. The van der Waals surface area contributed by atoms with Crippen molar-refractivity contribution >= 4 is 11.6 Å². The SMILES string of the molecule is COc1c(C)cc(O)cc1CC=C(C)CC(=O)C=C(C)CCCC(C)=O. The molecule has 0 aliphatic rings. The predicted octanol–water partition coefficient (Wildman–Crippen LogP) is 4.86. The van der Waals surface area contributed by atoms with E-state index >= 15 is 0 Å². The van der Waals surface area contributed by atoms with Crippen molar-refractivity contribution in [3.05, 3.63) is 46.6 Å². The number of aryl methyl sites for hydroxylation is 1. The highest BCUT2D eigenvalue weighted by Crippen LogP contribution is 2.29. The van der Waals surface area contributed by atoms with Crippen LogP contribution in [0.15, 0.2) is 35.4 Å². The summed E-state index contributed by atoms with van der Waals surface area (Å²) in [4.78, 5) is 23.1. The molecule has 0 heterocycles. The Morgan fingerprint density at radius 2 is 1.81 bits per heavy atom. The minimum absolute atomic E-state index is 0.0677. The molecule has 0 unspecified atom stereocenters.